The maximum Gasteiger partial charge on any atom is 0.339 e. The first-order valence-electron chi connectivity index (χ1n) is 8.93. The van der Waals surface area contributed by atoms with Crippen LogP contribution in [-0.4, -0.2) is 43.8 Å². The molecule has 8 nitrogen and oxygen atoms in total. The van der Waals surface area contributed by atoms with E-state index < -0.39 is 24.0 Å². The zero-order chi connectivity index (χ0) is 20.0. The van der Waals surface area contributed by atoms with Gasteiger partial charge >= 0.3 is 12.0 Å². The van der Waals surface area contributed by atoms with Gasteiger partial charge in [-0.05, 0) is 43.9 Å². The van der Waals surface area contributed by atoms with Crippen LogP contribution in [0, 0.1) is 5.92 Å². The van der Waals surface area contributed by atoms with Crippen molar-refractivity contribution in [2.45, 2.75) is 45.8 Å². The summed E-state index contributed by atoms with van der Waals surface area (Å²) in [5.41, 5.74) is 0.214. The Kier molecular flexibility index (Phi) is 7.04. The SMILES string of the molecule is COc1cc(C(=O)OC(C)C(=O)NC(=O)NC2CC2)ccc1OCC(C)C. The topological polar surface area (TPSA) is 103 Å². The van der Waals surface area contributed by atoms with Crippen molar-refractivity contribution in [2.24, 2.45) is 5.92 Å². The molecule has 2 N–H and O–H groups in total. The Labute approximate surface area is 158 Å². The molecule has 27 heavy (non-hydrogen) atoms. The lowest BCUT2D eigenvalue weighted by molar-refractivity contribution is -0.127. The second-order valence-corrected chi connectivity index (χ2v) is 6.86. The van der Waals surface area contributed by atoms with Gasteiger partial charge in [0.05, 0.1) is 19.3 Å². The van der Waals surface area contributed by atoms with Gasteiger partial charge in [-0.3, -0.25) is 10.1 Å². The highest BCUT2D eigenvalue weighted by atomic mass is 16.5. The molecule has 0 bridgehead atoms. The molecule has 1 aliphatic carbocycles. The summed E-state index contributed by atoms with van der Waals surface area (Å²) >= 11 is 0. The Morgan fingerprint density at radius 2 is 1.85 bits per heavy atom. The molecule has 0 aliphatic heterocycles. The maximum atomic E-state index is 12.3. The molecule has 1 saturated carbocycles. The lowest BCUT2D eigenvalue weighted by Gasteiger charge is -2.15. The molecule has 8 heteroatoms. The molecule has 0 saturated heterocycles. The van der Waals surface area contributed by atoms with E-state index in [0.717, 1.165) is 12.8 Å². The van der Waals surface area contributed by atoms with Gasteiger partial charge < -0.3 is 19.5 Å². The number of urea groups is 1. The van der Waals surface area contributed by atoms with Crippen molar-refractivity contribution >= 4 is 17.9 Å². The molecule has 1 unspecified atom stereocenters. The quantitative estimate of drug-likeness (QED) is 0.673. The van der Waals surface area contributed by atoms with E-state index in [1.165, 1.54) is 26.2 Å². The normalized spacial score (nSPS) is 14.3. The van der Waals surface area contributed by atoms with Crippen LogP contribution in [0.1, 0.15) is 44.0 Å². The van der Waals surface area contributed by atoms with Crippen LogP contribution in [0.2, 0.25) is 0 Å². The van der Waals surface area contributed by atoms with Gasteiger partial charge in [-0.25, -0.2) is 9.59 Å². The van der Waals surface area contributed by atoms with Crippen LogP contribution in [-0.2, 0) is 9.53 Å². The molecule has 1 aromatic rings. The largest absolute Gasteiger partial charge is 0.493 e. The van der Waals surface area contributed by atoms with E-state index in [1.807, 2.05) is 13.8 Å². The molecule has 0 spiro atoms. The number of rotatable bonds is 8. The summed E-state index contributed by atoms with van der Waals surface area (Å²) in [6.45, 7) is 5.96. The fraction of sp³-hybridized carbons (Fsp3) is 0.526. The first-order chi connectivity index (χ1) is 12.8. The van der Waals surface area contributed by atoms with Crippen molar-refractivity contribution < 1.29 is 28.6 Å². The molecule has 2 rings (SSSR count). The van der Waals surface area contributed by atoms with Crippen molar-refractivity contribution in [3.8, 4) is 11.5 Å². The van der Waals surface area contributed by atoms with Gasteiger partial charge in [-0.15, -0.1) is 0 Å². The van der Waals surface area contributed by atoms with Gasteiger partial charge in [-0.1, -0.05) is 13.8 Å². The van der Waals surface area contributed by atoms with E-state index in [-0.39, 0.29) is 11.6 Å². The fourth-order valence-corrected chi connectivity index (χ4v) is 2.12. The highest BCUT2D eigenvalue weighted by Crippen LogP contribution is 2.29. The van der Waals surface area contributed by atoms with Crippen molar-refractivity contribution in [1.82, 2.24) is 10.6 Å². The number of carbonyl (C=O) groups is 3. The molecule has 1 aromatic carbocycles. The smallest absolute Gasteiger partial charge is 0.339 e. The number of ether oxygens (including phenoxy) is 3. The number of esters is 1. The van der Waals surface area contributed by atoms with Crippen molar-refractivity contribution in [3.63, 3.8) is 0 Å². The standard InChI is InChI=1S/C19H26N2O6/c1-11(2)10-26-15-8-5-13(9-16(15)25-4)18(23)27-12(3)17(22)21-19(24)20-14-6-7-14/h5,8-9,11-12,14H,6-7,10H2,1-4H3,(H2,20,21,22,24). The van der Waals surface area contributed by atoms with Crippen molar-refractivity contribution in [2.75, 3.05) is 13.7 Å². The molecule has 1 fully saturated rings. The molecular weight excluding hydrogens is 352 g/mol. The molecule has 1 aliphatic rings. The third kappa shape index (κ3) is 6.47. The summed E-state index contributed by atoms with van der Waals surface area (Å²) in [7, 11) is 1.47. The minimum absolute atomic E-state index is 0.125. The Morgan fingerprint density at radius 3 is 2.44 bits per heavy atom. The molecule has 0 radical (unpaired) electrons. The number of imide groups is 1. The third-order valence-corrected chi connectivity index (χ3v) is 3.77. The number of methoxy groups -OCH3 is 1. The van der Waals surface area contributed by atoms with Crippen LogP contribution in [0.3, 0.4) is 0 Å². The van der Waals surface area contributed by atoms with Gasteiger partial charge in [0.15, 0.2) is 17.6 Å². The summed E-state index contributed by atoms with van der Waals surface area (Å²) in [5.74, 6) is -0.133. The molecule has 1 atom stereocenters. The minimum Gasteiger partial charge on any atom is -0.493 e. The highest BCUT2D eigenvalue weighted by Gasteiger charge is 2.26. The lowest BCUT2D eigenvalue weighted by Crippen LogP contribution is -2.45. The Hall–Kier alpha value is -2.77. The highest BCUT2D eigenvalue weighted by molar-refractivity contribution is 5.98. The number of hydrogen-bond donors (Lipinski definition) is 2. The first-order valence-corrected chi connectivity index (χ1v) is 8.93. The van der Waals surface area contributed by atoms with Gasteiger partial charge in [-0.2, -0.15) is 0 Å². The zero-order valence-electron chi connectivity index (χ0n) is 16.0. The first kappa shape index (κ1) is 20.5. The Bertz CT molecular complexity index is 699. The monoisotopic (exact) mass is 378 g/mol. The van der Waals surface area contributed by atoms with Crippen LogP contribution < -0.4 is 20.1 Å². The van der Waals surface area contributed by atoms with Crippen LogP contribution in [0.25, 0.3) is 0 Å². The molecular formula is C19H26N2O6. The van der Waals surface area contributed by atoms with Gasteiger partial charge in [0.25, 0.3) is 5.91 Å². The number of hydrogen-bond acceptors (Lipinski definition) is 6. The van der Waals surface area contributed by atoms with Gasteiger partial charge in [0, 0.05) is 6.04 Å². The molecule has 0 aromatic heterocycles. The van der Waals surface area contributed by atoms with E-state index >= 15 is 0 Å². The molecule has 148 valence electrons. The fourth-order valence-electron chi connectivity index (χ4n) is 2.12. The van der Waals surface area contributed by atoms with E-state index in [1.54, 1.807) is 6.07 Å². The second-order valence-electron chi connectivity index (χ2n) is 6.86. The van der Waals surface area contributed by atoms with E-state index in [0.29, 0.717) is 24.0 Å². The second kappa shape index (κ2) is 9.25. The number of benzene rings is 1. The predicted molar refractivity (Wildman–Crippen MR) is 97.9 cm³/mol. The summed E-state index contributed by atoms with van der Waals surface area (Å²) in [6, 6.07) is 4.18. The van der Waals surface area contributed by atoms with Crippen molar-refractivity contribution in [1.29, 1.82) is 0 Å². The average molecular weight is 378 g/mol. The maximum absolute atomic E-state index is 12.3. The Morgan fingerprint density at radius 1 is 1.15 bits per heavy atom. The predicted octanol–water partition coefficient (Wildman–Crippen LogP) is 2.26. The van der Waals surface area contributed by atoms with Crippen molar-refractivity contribution in [3.05, 3.63) is 23.8 Å². The number of carbonyl (C=O) groups excluding carboxylic acids is 3. The average Bonchev–Trinajstić information content (AvgIpc) is 3.43. The lowest BCUT2D eigenvalue weighted by atomic mass is 10.2. The van der Waals surface area contributed by atoms with Gasteiger partial charge in [0.2, 0.25) is 0 Å². The van der Waals surface area contributed by atoms with Crippen LogP contribution >= 0.6 is 0 Å². The number of nitrogens with one attached hydrogen (secondary N) is 2. The van der Waals surface area contributed by atoms with Gasteiger partial charge in [0.1, 0.15) is 0 Å². The third-order valence-electron chi connectivity index (χ3n) is 3.77. The minimum atomic E-state index is -1.12. The summed E-state index contributed by atoms with van der Waals surface area (Å²) < 4.78 is 16.0. The van der Waals surface area contributed by atoms with E-state index in [4.69, 9.17) is 14.2 Å². The van der Waals surface area contributed by atoms with E-state index in [9.17, 15) is 14.4 Å². The zero-order valence-corrected chi connectivity index (χ0v) is 16.0. The summed E-state index contributed by atoms with van der Waals surface area (Å²) in [4.78, 5) is 35.8. The Balaban J connectivity index is 1.93. The van der Waals surface area contributed by atoms with E-state index in [2.05, 4.69) is 10.6 Å². The van der Waals surface area contributed by atoms with Crippen LogP contribution in [0.4, 0.5) is 4.79 Å². The molecule has 0 heterocycles. The number of amides is 3. The van der Waals surface area contributed by atoms with Crippen LogP contribution in [0.15, 0.2) is 18.2 Å². The van der Waals surface area contributed by atoms with Crippen LogP contribution in [0.5, 0.6) is 11.5 Å². The summed E-state index contributed by atoms with van der Waals surface area (Å²) in [5, 5.41) is 4.78. The summed E-state index contributed by atoms with van der Waals surface area (Å²) in [6.07, 6.45) is 0.695. The molecule has 3 amide bonds.